The molecule has 1 fully saturated rings. The van der Waals surface area contributed by atoms with Crippen LogP contribution in [0.1, 0.15) is 74.1 Å². The van der Waals surface area contributed by atoms with Crippen LogP contribution in [-0.4, -0.2) is 49.6 Å². The van der Waals surface area contributed by atoms with Gasteiger partial charge in [0.15, 0.2) is 0 Å². The van der Waals surface area contributed by atoms with E-state index in [2.05, 4.69) is 30.2 Å². The molecule has 1 saturated heterocycles. The van der Waals surface area contributed by atoms with E-state index in [1.807, 2.05) is 56.1 Å². The Morgan fingerprint density at radius 2 is 1.89 bits per heavy atom. The Morgan fingerprint density at radius 3 is 2.59 bits per heavy atom. The van der Waals surface area contributed by atoms with Crippen molar-refractivity contribution >= 4 is 17.5 Å². The number of nitrogens with zero attached hydrogens (tertiary/aromatic N) is 4. The second-order valence-corrected chi connectivity index (χ2v) is 11.7. The Labute approximate surface area is 219 Å². The quantitative estimate of drug-likeness (QED) is 0.486. The van der Waals surface area contributed by atoms with E-state index in [0.717, 1.165) is 48.2 Å². The van der Waals surface area contributed by atoms with Gasteiger partial charge in [-0.3, -0.25) is 9.78 Å². The van der Waals surface area contributed by atoms with Crippen LogP contribution in [0, 0.1) is 12.8 Å². The van der Waals surface area contributed by atoms with Crippen molar-refractivity contribution in [1.82, 2.24) is 19.9 Å². The third kappa shape index (κ3) is 5.23. The van der Waals surface area contributed by atoms with Gasteiger partial charge in [-0.15, -0.1) is 0 Å². The zero-order chi connectivity index (χ0) is 26.4. The molecule has 0 radical (unpaired) electrons. The average Bonchev–Trinajstić information content (AvgIpc) is 3.18. The minimum atomic E-state index is -0.702. The molecule has 2 N–H and O–H groups in total. The summed E-state index contributed by atoms with van der Waals surface area (Å²) in [5.74, 6) is 0.766. The number of anilines is 2. The van der Waals surface area contributed by atoms with Crippen LogP contribution in [0.25, 0.3) is 11.3 Å². The summed E-state index contributed by atoms with van der Waals surface area (Å²) in [6, 6.07) is 9.82. The first-order valence-electron chi connectivity index (χ1n) is 13.2. The Balaban J connectivity index is 1.29. The molecule has 2 aromatic heterocycles. The monoisotopic (exact) mass is 499 g/mol. The molecule has 1 aliphatic heterocycles. The first-order valence-corrected chi connectivity index (χ1v) is 13.2. The standard InChI is InChI=1S/C30H37N5O2/c1-19-16-20(27(36)35-14-10-22(11-15-35)30(4,5)37)6-7-24(19)33-28-31-13-9-25(34-28)21-17-23-26(32-18-21)8-12-29(23,2)3/h6-7,9,13,16-18,22,37H,8,10-12,14-15H2,1-5H3,(H,31,33,34). The maximum absolute atomic E-state index is 13.1. The molecule has 7 heteroatoms. The van der Waals surface area contributed by atoms with Crippen LogP contribution < -0.4 is 5.32 Å². The number of pyridine rings is 1. The van der Waals surface area contributed by atoms with Gasteiger partial charge in [0.05, 0.1) is 11.3 Å². The molecule has 0 atom stereocenters. The molecule has 2 aliphatic rings. The van der Waals surface area contributed by atoms with Crippen molar-refractivity contribution in [2.75, 3.05) is 18.4 Å². The maximum Gasteiger partial charge on any atom is 0.253 e. The van der Waals surface area contributed by atoms with Gasteiger partial charge in [0.25, 0.3) is 5.91 Å². The Morgan fingerprint density at radius 1 is 1.14 bits per heavy atom. The van der Waals surface area contributed by atoms with E-state index in [1.165, 1.54) is 11.3 Å². The minimum Gasteiger partial charge on any atom is -0.390 e. The largest absolute Gasteiger partial charge is 0.390 e. The molecule has 5 rings (SSSR count). The van der Waals surface area contributed by atoms with Crippen molar-refractivity contribution in [2.45, 2.75) is 71.3 Å². The normalized spacial score (nSPS) is 17.5. The summed E-state index contributed by atoms with van der Waals surface area (Å²) in [5, 5.41) is 13.6. The summed E-state index contributed by atoms with van der Waals surface area (Å²) in [6.45, 7) is 11.6. The van der Waals surface area contributed by atoms with Crippen LogP contribution in [0.4, 0.5) is 11.6 Å². The number of likely N-dealkylation sites (tertiary alicyclic amines) is 1. The van der Waals surface area contributed by atoms with E-state index in [1.54, 1.807) is 6.20 Å². The molecule has 194 valence electrons. The molecule has 3 heterocycles. The lowest BCUT2D eigenvalue weighted by atomic mass is 9.83. The zero-order valence-electron chi connectivity index (χ0n) is 22.5. The van der Waals surface area contributed by atoms with Gasteiger partial charge in [-0.2, -0.15) is 0 Å². The highest BCUT2D eigenvalue weighted by Gasteiger charge is 2.33. The lowest BCUT2D eigenvalue weighted by Gasteiger charge is -2.37. The Bertz CT molecular complexity index is 1320. The fourth-order valence-corrected chi connectivity index (χ4v) is 5.59. The van der Waals surface area contributed by atoms with Crippen molar-refractivity contribution in [3.8, 4) is 11.3 Å². The van der Waals surface area contributed by atoms with E-state index in [-0.39, 0.29) is 17.2 Å². The summed E-state index contributed by atoms with van der Waals surface area (Å²) in [7, 11) is 0. The van der Waals surface area contributed by atoms with Crippen molar-refractivity contribution < 1.29 is 9.90 Å². The third-order valence-electron chi connectivity index (χ3n) is 8.14. The molecule has 1 aliphatic carbocycles. The van der Waals surface area contributed by atoms with Gasteiger partial charge < -0.3 is 15.3 Å². The molecule has 7 nitrogen and oxygen atoms in total. The topological polar surface area (TPSA) is 91.2 Å². The fraction of sp³-hybridized carbons (Fsp3) is 0.467. The Hall–Kier alpha value is -3.32. The number of amides is 1. The van der Waals surface area contributed by atoms with Gasteiger partial charge in [-0.05, 0) is 99.2 Å². The molecule has 0 unspecified atom stereocenters. The summed E-state index contributed by atoms with van der Waals surface area (Å²) in [6.07, 6.45) is 7.44. The van der Waals surface area contributed by atoms with E-state index in [0.29, 0.717) is 24.6 Å². The number of rotatable bonds is 5. The number of carbonyl (C=O) groups excluding carboxylic acids is 1. The SMILES string of the molecule is Cc1cc(C(=O)N2CCC(C(C)(C)O)CC2)ccc1Nc1nccc(-c2cnc3c(c2)C(C)(C)CC3)n1. The predicted molar refractivity (Wildman–Crippen MR) is 146 cm³/mol. The van der Waals surface area contributed by atoms with E-state index in [4.69, 9.17) is 9.97 Å². The van der Waals surface area contributed by atoms with Crippen molar-refractivity contribution in [3.63, 3.8) is 0 Å². The first kappa shape index (κ1) is 25.3. The lowest BCUT2D eigenvalue weighted by molar-refractivity contribution is -0.0108. The number of piperidine rings is 1. The van der Waals surface area contributed by atoms with Gasteiger partial charge in [0, 0.05) is 48.0 Å². The van der Waals surface area contributed by atoms with Gasteiger partial charge in [-0.1, -0.05) is 13.8 Å². The molecule has 0 saturated carbocycles. The molecule has 0 spiro atoms. The molecular formula is C30H37N5O2. The number of aryl methyl sites for hydroxylation is 2. The van der Waals surface area contributed by atoms with Crippen molar-refractivity contribution in [3.05, 3.63) is 65.1 Å². The number of aliphatic hydroxyl groups is 1. The number of benzene rings is 1. The number of aromatic nitrogens is 3. The second kappa shape index (κ2) is 9.53. The first-order chi connectivity index (χ1) is 17.5. The van der Waals surface area contributed by atoms with Gasteiger partial charge >= 0.3 is 0 Å². The highest BCUT2D eigenvalue weighted by Crippen LogP contribution is 2.39. The molecular weight excluding hydrogens is 462 g/mol. The fourth-order valence-electron chi connectivity index (χ4n) is 5.59. The van der Waals surface area contributed by atoms with Crippen LogP contribution in [0.15, 0.2) is 42.7 Å². The predicted octanol–water partition coefficient (Wildman–Crippen LogP) is 5.44. The summed E-state index contributed by atoms with van der Waals surface area (Å²) >= 11 is 0. The van der Waals surface area contributed by atoms with Crippen molar-refractivity contribution in [1.29, 1.82) is 0 Å². The van der Waals surface area contributed by atoms with Crippen LogP contribution >= 0.6 is 0 Å². The molecule has 0 bridgehead atoms. The van der Waals surface area contributed by atoms with Crippen LogP contribution in [0.5, 0.6) is 0 Å². The van der Waals surface area contributed by atoms with Gasteiger partial charge in [0.2, 0.25) is 5.95 Å². The second-order valence-electron chi connectivity index (χ2n) is 11.7. The maximum atomic E-state index is 13.1. The smallest absolute Gasteiger partial charge is 0.253 e. The minimum absolute atomic E-state index is 0.0362. The average molecular weight is 500 g/mol. The highest BCUT2D eigenvalue weighted by molar-refractivity contribution is 5.95. The molecule has 37 heavy (non-hydrogen) atoms. The van der Waals surface area contributed by atoms with E-state index < -0.39 is 5.60 Å². The lowest BCUT2D eigenvalue weighted by Crippen LogP contribution is -2.44. The molecule has 1 aromatic carbocycles. The summed E-state index contributed by atoms with van der Waals surface area (Å²) in [4.78, 5) is 28.9. The third-order valence-corrected chi connectivity index (χ3v) is 8.14. The van der Waals surface area contributed by atoms with Crippen LogP contribution in [0.3, 0.4) is 0 Å². The number of hydrogen-bond donors (Lipinski definition) is 2. The van der Waals surface area contributed by atoms with E-state index >= 15 is 0 Å². The summed E-state index contributed by atoms with van der Waals surface area (Å²) < 4.78 is 0. The van der Waals surface area contributed by atoms with Gasteiger partial charge in [-0.25, -0.2) is 9.97 Å². The number of nitrogens with one attached hydrogen (secondary N) is 1. The summed E-state index contributed by atoms with van der Waals surface area (Å²) in [5.41, 5.74) is 6.23. The highest BCUT2D eigenvalue weighted by atomic mass is 16.3. The van der Waals surface area contributed by atoms with Crippen LogP contribution in [-0.2, 0) is 11.8 Å². The van der Waals surface area contributed by atoms with Crippen molar-refractivity contribution in [2.24, 2.45) is 5.92 Å². The van der Waals surface area contributed by atoms with E-state index in [9.17, 15) is 9.90 Å². The number of fused-ring (bicyclic) bond motifs is 1. The molecule has 3 aromatic rings. The Kier molecular flexibility index (Phi) is 6.52. The van der Waals surface area contributed by atoms with Gasteiger partial charge in [0.1, 0.15) is 0 Å². The number of hydrogen-bond acceptors (Lipinski definition) is 6. The van der Waals surface area contributed by atoms with Crippen LogP contribution in [0.2, 0.25) is 0 Å². The molecule has 1 amide bonds. The number of carbonyl (C=O) groups is 1. The zero-order valence-corrected chi connectivity index (χ0v) is 22.5.